The number of aromatic nitrogens is 2. The topological polar surface area (TPSA) is 109 Å². The molecule has 0 amide bonds. The highest BCUT2D eigenvalue weighted by Gasteiger charge is 2.20. The molecule has 0 aliphatic carbocycles. The molecule has 1 heterocycles. The van der Waals surface area contributed by atoms with Crippen LogP contribution >= 0.6 is 0 Å². The maximum Gasteiger partial charge on any atom is 0.303 e. The number of sulfonamides is 1. The number of rotatable bonds is 12. The molecule has 0 saturated heterocycles. The van der Waals surface area contributed by atoms with E-state index in [1.807, 2.05) is 13.8 Å². The number of anilines is 1. The Kier molecular flexibility index (Phi) is 8.91. The maximum atomic E-state index is 13.5. The number of halogens is 1. The highest BCUT2D eigenvalue weighted by Crippen LogP contribution is 2.31. The van der Waals surface area contributed by atoms with Crippen LogP contribution in [-0.2, 0) is 21.2 Å². The van der Waals surface area contributed by atoms with E-state index < -0.39 is 16.0 Å². The van der Waals surface area contributed by atoms with Gasteiger partial charge >= 0.3 is 5.97 Å². The fourth-order valence-corrected chi connectivity index (χ4v) is 3.77. The smallest absolute Gasteiger partial charge is 0.303 e. The van der Waals surface area contributed by atoms with Gasteiger partial charge in [-0.15, -0.1) is 0 Å². The first-order valence-electron chi connectivity index (χ1n) is 10.5. The Morgan fingerprint density at radius 1 is 1.10 bits per heavy atom. The van der Waals surface area contributed by atoms with E-state index in [0.29, 0.717) is 24.1 Å². The summed E-state index contributed by atoms with van der Waals surface area (Å²) in [6.07, 6.45) is 3.94. The van der Waals surface area contributed by atoms with Gasteiger partial charge in [0.05, 0.1) is 17.1 Å². The van der Waals surface area contributed by atoms with Gasteiger partial charge in [-0.2, -0.15) is 0 Å². The summed E-state index contributed by atoms with van der Waals surface area (Å²) in [5, 5.41) is 8.76. The Morgan fingerprint density at radius 3 is 2.32 bits per heavy atom. The third-order valence-corrected chi connectivity index (χ3v) is 6.15. The molecule has 0 aliphatic heterocycles. The lowest BCUT2D eigenvalue weighted by Crippen LogP contribution is -2.18. The van der Waals surface area contributed by atoms with Crippen molar-refractivity contribution in [1.29, 1.82) is 0 Å². The zero-order chi connectivity index (χ0) is 23.0. The molecule has 2 aromatic rings. The van der Waals surface area contributed by atoms with Crippen LogP contribution in [0.3, 0.4) is 0 Å². The summed E-state index contributed by atoms with van der Waals surface area (Å²) in [7, 11) is -3.55. The molecular formula is C22H30FN3O4S. The van der Waals surface area contributed by atoms with Gasteiger partial charge in [-0.25, -0.2) is 22.8 Å². The summed E-state index contributed by atoms with van der Waals surface area (Å²) < 4.78 is 40.0. The molecular weight excluding hydrogens is 421 g/mol. The normalized spacial score (nSPS) is 11.6. The van der Waals surface area contributed by atoms with Gasteiger partial charge in [0.25, 0.3) is 0 Å². The van der Waals surface area contributed by atoms with Crippen molar-refractivity contribution in [2.45, 2.75) is 65.2 Å². The number of carboxylic acids is 1. The van der Waals surface area contributed by atoms with E-state index in [0.717, 1.165) is 30.5 Å². The summed E-state index contributed by atoms with van der Waals surface area (Å²) in [5.74, 6) is -1.23. The van der Waals surface area contributed by atoms with Crippen molar-refractivity contribution >= 4 is 21.9 Å². The monoisotopic (exact) mass is 451 g/mol. The Balaban J connectivity index is 2.40. The molecule has 9 heteroatoms. The van der Waals surface area contributed by atoms with Gasteiger partial charge in [0.1, 0.15) is 5.82 Å². The van der Waals surface area contributed by atoms with Crippen LogP contribution in [0.2, 0.25) is 0 Å². The van der Waals surface area contributed by atoms with Crippen LogP contribution in [0, 0.1) is 5.82 Å². The second-order valence-electron chi connectivity index (χ2n) is 7.73. The van der Waals surface area contributed by atoms with E-state index >= 15 is 0 Å². The summed E-state index contributed by atoms with van der Waals surface area (Å²) in [6.45, 7) is 5.49. The second-order valence-corrected chi connectivity index (χ2v) is 9.75. The van der Waals surface area contributed by atoms with Crippen LogP contribution in [0.1, 0.15) is 70.1 Å². The molecule has 0 radical (unpaired) electrons. The molecule has 0 unspecified atom stereocenters. The molecule has 170 valence electrons. The van der Waals surface area contributed by atoms with Crippen molar-refractivity contribution in [2.75, 3.05) is 10.5 Å². The number of hydrogen-bond donors (Lipinski definition) is 2. The minimum Gasteiger partial charge on any atom is -0.481 e. The summed E-state index contributed by atoms with van der Waals surface area (Å²) in [4.78, 5) is 19.6. The van der Waals surface area contributed by atoms with Crippen molar-refractivity contribution in [3.8, 4) is 11.3 Å². The van der Waals surface area contributed by atoms with E-state index in [1.54, 1.807) is 12.1 Å². The number of nitrogens with one attached hydrogen (secondary N) is 1. The largest absolute Gasteiger partial charge is 0.481 e. The van der Waals surface area contributed by atoms with Crippen LogP contribution in [0.15, 0.2) is 24.3 Å². The van der Waals surface area contributed by atoms with Crippen LogP contribution in [0.5, 0.6) is 0 Å². The zero-order valence-electron chi connectivity index (χ0n) is 18.2. The first-order chi connectivity index (χ1) is 14.6. The lowest BCUT2D eigenvalue weighted by Gasteiger charge is -2.18. The van der Waals surface area contributed by atoms with Crippen molar-refractivity contribution in [3.05, 3.63) is 41.3 Å². The molecule has 0 spiro atoms. The summed E-state index contributed by atoms with van der Waals surface area (Å²) in [5.41, 5.74) is 2.91. The van der Waals surface area contributed by atoms with Crippen molar-refractivity contribution < 1.29 is 22.7 Å². The molecule has 0 atom stereocenters. The van der Waals surface area contributed by atoms with E-state index in [-0.39, 0.29) is 29.9 Å². The Bertz CT molecular complexity index is 993. The Morgan fingerprint density at radius 2 is 1.74 bits per heavy atom. The van der Waals surface area contributed by atoms with E-state index in [9.17, 15) is 17.6 Å². The number of aliphatic carboxylic acids is 1. The third-order valence-electron chi connectivity index (χ3n) is 4.90. The standard InChI is InChI=1S/C22H30FN3O4S/c1-4-31(29,30)26-22-24-20(15(2)3)18(9-7-5-6-8-10-19(27)28)21(25-22)16-11-13-17(23)14-12-16/h11-15H,4-10H2,1-3H3,(H,27,28)(H,24,25,26). The van der Waals surface area contributed by atoms with Crippen molar-refractivity contribution in [1.82, 2.24) is 9.97 Å². The highest BCUT2D eigenvalue weighted by atomic mass is 32.2. The predicted molar refractivity (Wildman–Crippen MR) is 119 cm³/mol. The minimum atomic E-state index is -3.55. The molecule has 1 aromatic heterocycles. The number of nitrogens with zero attached hydrogens (tertiary/aromatic N) is 2. The Labute approximate surface area is 183 Å². The number of benzene rings is 1. The molecule has 0 saturated carbocycles. The maximum absolute atomic E-state index is 13.5. The average Bonchev–Trinajstić information content (AvgIpc) is 2.71. The van der Waals surface area contributed by atoms with E-state index in [2.05, 4.69) is 14.7 Å². The number of carbonyl (C=O) groups is 1. The lowest BCUT2D eigenvalue weighted by atomic mass is 9.94. The summed E-state index contributed by atoms with van der Waals surface area (Å²) in [6, 6.07) is 5.93. The van der Waals surface area contributed by atoms with E-state index in [1.165, 1.54) is 19.1 Å². The molecule has 1 aromatic carbocycles. The van der Waals surface area contributed by atoms with Crippen molar-refractivity contribution in [3.63, 3.8) is 0 Å². The second kappa shape index (κ2) is 11.2. The van der Waals surface area contributed by atoms with Crippen LogP contribution < -0.4 is 4.72 Å². The van der Waals surface area contributed by atoms with Crippen LogP contribution in [0.4, 0.5) is 10.3 Å². The zero-order valence-corrected chi connectivity index (χ0v) is 19.0. The lowest BCUT2D eigenvalue weighted by molar-refractivity contribution is -0.137. The van der Waals surface area contributed by atoms with Crippen LogP contribution in [-0.4, -0.2) is 35.2 Å². The molecule has 0 bridgehead atoms. The van der Waals surface area contributed by atoms with Gasteiger partial charge < -0.3 is 5.11 Å². The van der Waals surface area contributed by atoms with Crippen molar-refractivity contribution in [2.24, 2.45) is 0 Å². The summed E-state index contributed by atoms with van der Waals surface area (Å²) >= 11 is 0. The third kappa shape index (κ3) is 7.57. The number of unbranched alkanes of at least 4 members (excludes halogenated alkanes) is 3. The molecule has 0 aliphatic rings. The van der Waals surface area contributed by atoms with Gasteiger partial charge in [0.2, 0.25) is 16.0 Å². The quantitative estimate of drug-likeness (QED) is 0.451. The Hall–Kier alpha value is -2.55. The first kappa shape index (κ1) is 24.7. The fourth-order valence-electron chi connectivity index (χ4n) is 3.26. The van der Waals surface area contributed by atoms with Gasteiger partial charge in [0, 0.05) is 17.5 Å². The first-order valence-corrected chi connectivity index (χ1v) is 12.2. The predicted octanol–water partition coefficient (Wildman–Crippen LogP) is 4.75. The number of carboxylic acid groups (broad SMARTS) is 1. The van der Waals surface area contributed by atoms with Crippen LogP contribution in [0.25, 0.3) is 11.3 Å². The minimum absolute atomic E-state index is 0.00934. The molecule has 7 nitrogen and oxygen atoms in total. The molecule has 2 rings (SSSR count). The fraction of sp³-hybridized carbons (Fsp3) is 0.500. The van der Waals surface area contributed by atoms with Gasteiger partial charge in [-0.1, -0.05) is 26.7 Å². The molecule has 31 heavy (non-hydrogen) atoms. The molecule has 2 N–H and O–H groups in total. The van der Waals surface area contributed by atoms with E-state index in [4.69, 9.17) is 5.11 Å². The SMILES string of the molecule is CCS(=O)(=O)Nc1nc(-c2ccc(F)cc2)c(CCCCCCC(=O)O)c(C(C)C)n1. The van der Waals surface area contributed by atoms with Gasteiger partial charge in [0.15, 0.2) is 0 Å². The average molecular weight is 452 g/mol. The molecule has 0 fully saturated rings. The number of hydrogen-bond acceptors (Lipinski definition) is 5. The highest BCUT2D eigenvalue weighted by molar-refractivity contribution is 7.92. The van der Waals surface area contributed by atoms with Gasteiger partial charge in [-0.3, -0.25) is 9.52 Å². The van der Waals surface area contributed by atoms with Gasteiger partial charge in [-0.05, 0) is 56.4 Å².